The second-order valence-electron chi connectivity index (χ2n) is 6.37. The Morgan fingerprint density at radius 1 is 1.04 bits per heavy atom. The maximum Gasteiger partial charge on any atom is 0.222 e. The zero-order valence-corrected chi connectivity index (χ0v) is 15.3. The number of nitrogens with one attached hydrogen (secondary N) is 1. The van der Waals surface area contributed by atoms with Crippen molar-refractivity contribution < 1.29 is 0 Å². The first-order chi connectivity index (χ1) is 11.6. The Morgan fingerprint density at radius 2 is 1.79 bits per heavy atom. The van der Waals surface area contributed by atoms with E-state index >= 15 is 0 Å². The van der Waals surface area contributed by atoms with Gasteiger partial charge in [0, 0.05) is 4.47 Å². The lowest BCUT2D eigenvalue weighted by molar-refractivity contribution is 0.430. The summed E-state index contributed by atoms with van der Waals surface area (Å²) in [5.74, 6) is 0.831. The number of anilines is 1. The first kappa shape index (κ1) is 15.4. The van der Waals surface area contributed by atoms with Crippen molar-refractivity contribution in [2.45, 2.75) is 32.4 Å². The van der Waals surface area contributed by atoms with Gasteiger partial charge in [0.05, 0.1) is 12.1 Å². The molecule has 0 saturated heterocycles. The fraction of sp³-hybridized carbons (Fsp3) is 0.263. The summed E-state index contributed by atoms with van der Waals surface area (Å²) in [4.78, 5) is 4.40. The van der Waals surface area contributed by atoms with Crippen LogP contribution in [-0.4, -0.2) is 14.8 Å². The largest absolute Gasteiger partial charge is 0.348 e. The molecule has 2 atom stereocenters. The summed E-state index contributed by atoms with van der Waals surface area (Å²) in [6, 6.07) is 15.6. The summed E-state index contributed by atoms with van der Waals surface area (Å²) in [7, 11) is 0. The van der Waals surface area contributed by atoms with Gasteiger partial charge in [-0.05, 0) is 54.7 Å². The zero-order valence-electron chi connectivity index (χ0n) is 13.7. The van der Waals surface area contributed by atoms with Gasteiger partial charge in [0.25, 0.3) is 0 Å². The molecule has 0 spiro atoms. The van der Waals surface area contributed by atoms with Crippen molar-refractivity contribution in [3.8, 4) is 0 Å². The lowest BCUT2D eigenvalue weighted by atomic mass is 9.92. The summed E-state index contributed by atoms with van der Waals surface area (Å²) >= 11 is 3.51. The number of hydrogen-bond acceptors (Lipinski definition) is 3. The molecule has 122 valence electrons. The van der Waals surface area contributed by atoms with Crippen LogP contribution in [-0.2, 0) is 0 Å². The van der Waals surface area contributed by atoms with Crippen molar-refractivity contribution in [1.82, 2.24) is 14.8 Å². The number of halogens is 1. The minimum Gasteiger partial charge on any atom is -0.348 e. The van der Waals surface area contributed by atoms with Crippen LogP contribution in [0.25, 0.3) is 0 Å². The summed E-state index contributed by atoms with van der Waals surface area (Å²) in [6.07, 6.45) is 2.57. The average Bonchev–Trinajstić information content (AvgIpc) is 3.06. The number of aromatic nitrogens is 3. The van der Waals surface area contributed by atoms with Gasteiger partial charge in [0.2, 0.25) is 5.95 Å². The second-order valence-corrected chi connectivity index (χ2v) is 7.29. The van der Waals surface area contributed by atoms with Gasteiger partial charge in [-0.15, -0.1) is 0 Å². The topological polar surface area (TPSA) is 42.7 Å². The van der Waals surface area contributed by atoms with Crippen LogP contribution < -0.4 is 5.32 Å². The highest BCUT2D eigenvalue weighted by Gasteiger charge is 2.29. The van der Waals surface area contributed by atoms with Gasteiger partial charge in [-0.3, -0.25) is 0 Å². The molecule has 1 aromatic heterocycles. The van der Waals surface area contributed by atoms with E-state index in [-0.39, 0.29) is 12.1 Å². The van der Waals surface area contributed by atoms with Crippen LogP contribution >= 0.6 is 15.9 Å². The predicted octanol–water partition coefficient (Wildman–Crippen LogP) is 4.80. The third-order valence-corrected chi connectivity index (χ3v) is 5.35. The van der Waals surface area contributed by atoms with Gasteiger partial charge in [0.15, 0.2) is 0 Å². The van der Waals surface area contributed by atoms with Gasteiger partial charge >= 0.3 is 0 Å². The van der Waals surface area contributed by atoms with Gasteiger partial charge < -0.3 is 5.32 Å². The van der Waals surface area contributed by atoms with Crippen molar-refractivity contribution in [3.63, 3.8) is 0 Å². The lowest BCUT2D eigenvalue weighted by Gasteiger charge is -2.32. The molecule has 2 heterocycles. The summed E-state index contributed by atoms with van der Waals surface area (Å²) < 4.78 is 3.07. The Hall–Kier alpha value is -2.14. The van der Waals surface area contributed by atoms with Crippen LogP contribution in [0.15, 0.2) is 53.3 Å². The number of fused-ring (bicyclic) bond motifs is 1. The smallest absolute Gasteiger partial charge is 0.222 e. The van der Waals surface area contributed by atoms with Crippen LogP contribution in [0.1, 0.15) is 40.8 Å². The predicted molar refractivity (Wildman–Crippen MR) is 99.2 cm³/mol. The molecule has 1 aliphatic heterocycles. The third-order valence-electron chi connectivity index (χ3n) is 4.82. The summed E-state index contributed by atoms with van der Waals surface area (Å²) in [5, 5.41) is 7.96. The molecule has 3 aromatic rings. The minimum absolute atomic E-state index is 0.184. The number of benzene rings is 2. The number of rotatable bonds is 2. The quantitative estimate of drug-likeness (QED) is 0.691. The molecule has 1 N–H and O–H groups in total. The third kappa shape index (κ3) is 2.73. The molecular formula is C19H19BrN4. The normalized spacial score (nSPS) is 19.6. The molecule has 1 aliphatic rings. The van der Waals surface area contributed by atoms with E-state index in [4.69, 9.17) is 0 Å². The van der Waals surface area contributed by atoms with Gasteiger partial charge in [0.1, 0.15) is 6.33 Å². The number of hydrogen-bond donors (Lipinski definition) is 1. The average molecular weight is 383 g/mol. The molecule has 4 nitrogen and oxygen atoms in total. The van der Waals surface area contributed by atoms with Crippen LogP contribution in [0.3, 0.4) is 0 Å². The zero-order chi connectivity index (χ0) is 16.7. The Labute approximate surface area is 150 Å². The van der Waals surface area contributed by atoms with Crippen molar-refractivity contribution in [2.24, 2.45) is 0 Å². The van der Waals surface area contributed by atoms with Crippen molar-refractivity contribution >= 4 is 21.9 Å². The summed E-state index contributed by atoms with van der Waals surface area (Å²) in [6.45, 7) is 4.31. The fourth-order valence-corrected chi connectivity index (χ4v) is 3.55. The Balaban J connectivity index is 1.72. The highest BCUT2D eigenvalue weighted by molar-refractivity contribution is 9.10. The van der Waals surface area contributed by atoms with E-state index in [2.05, 4.69) is 87.6 Å². The highest BCUT2D eigenvalue weighted by atomic mass is 79.9. The molecule has 0 radical (unpaired) electrons. The fourth-order valence-electron chi connectivity index (χ4n) is 3.28. The molecule has 24 heavy (non-hydrogen) atoms. The maximum atomic E-state index is 4.43. The number of nitrogens with zero attached hydrogens (tertiary/aromatic N) is 3. The van der Waals surface area contributed by atoms with E-state index in [0.717, 1.165) is 16.8 Å². The second kappa shape index (κ2) is 6.06. The molecule has 0 bridgehead atoms. The minimum atomic E-state index is 0.184. The molecule has 0 amide bonds. The van der Waals surface area contributed by atoms with Crippen LogP contribution in [0, 0.1) is 13.8 Å². The Morgan fingerprint density at radius 3 is 2.54 bits per heavy atom. The Bertz CT molecular complexity index is 869. The van der Waals surface area contributed by atoms with Crippen LogP contribution in [0.4, 0.5) is 5.95 Å². The van der Waals surface area contributed by atoms with Gasteiger partial charge in [-0.25, -0.2) is 4.68 Å². The lowest BCUT2D eigenvalue weighted by Crippen LogP contribution is -2.28. The molecule has 5 heteroatoms. The number of aryl methyl sites for hydroxylation is 2. The maximum absolute atomic E-state index is 4.43. The SMILES string of the molecule is Cc1ccc([C@H]2C[C@H](c3ccc(Br)cc3)n3ncnc3N2)cc1C. The molecule has 0 aliphatic carbocycles. The first-order valence-corrected chi connectivity index (χ1v) is 8.90. The molecule has 0 saturated carbocycles. The standard InChI is InChI=1S/C19H19BrN4/c1-12-3-4-15(9-13(12)2)17-10-18(14-5-7-16(20)8-6-14)24-19(23-17)21-11-22-24/h3-9,11,17-18H,10H2,1-2H3,(H,21,22,23)/t17-,18-/m1/s1. The van der Waals surface area contributed by atoms with Crippen LogP contribution in [0.2, 0.25) is 0 Å². The molecule has 4 rings (SSSR count). The monoisotopic (exact) mass is 382 g/mol. The van der Waals surface area contributed by atoms with Gasteiger partial charge in [-0.1, -0.05) is 46.3 Å². The van der Waals surface area contributed by atoms with Gasteiger partial charge in [-0.2, -0.15) is 10.1 Å². The van der Waals surface area contributed by atoms with Crippen LogP contribution in [0.5, 0.6) is 0 Å². The molecule has 0 unspecified atom stereocenters. The van der Waals surface area contributed by atoms with E-state index in [1.807, 2.05) is 4.68 Å². The van der Waals surface area contributed by atoms with E-state index in [9.17, 15) is 0 Å². The van der Waals surface area contributed by atoms with E-state index in [0.29, 0.717) is 0 Å². The molecule has 0 fully saturated rings. The molecular weight excluding hydrogens is 364 g/mol. The van der Waals surface area contributed by atoms with E-state index in [1.54, 1.807) is 6.33 Å². The van der Waals surface area contributed by atoms with Crippen molar-refractivity contribution in [2.75, 3.05) is 5.32 Å². The van der Waals surface area contributed by atoms with Crippen molar-refractivity contribution in [3.05, 3.63) is 75.5 Å². The Kier molecular flexibility index (Phi) is 3.88. The summed E-state index contributed by atoms with van der Waals surface area (Å²) in [5.41, 5.74) is 5.19. The first-order valence-electron chi connectivity index (χ1n) is 8.10. The highest BCUT2D eigenvalue weighted by Crippen LogP contribution is 2.37. The van der Waals surface area contributed by atoms with E-state index < -0.39 is 0 Å². The molecule has 2 aromatic carbocycles. The van der Waals surface area contributed by atoms with Crippen molar-refractivity contribution in [1.29, 1.82) is 0 Å². The van der Waals surface area contributed by atoms with E-state index in [1.165, 1.54) is 22.3 Å².